The predicted octanol–water partition coefficient (Wildman–Crippen LogP) is 2.61. The van der Waals surface area contributed by atoms with Crippen LogP contribution in [0.4, 0.5) is 0 Å². The van der Waals surface area contributed by atoms with Gasteiger partial charge in [-0.25, -0.2) is 0 Å². The predicted molar refractivity (Wildman–Crippen MR) is 74.9 cm³/mol. The van der Waals surface area contributed by atoms with E-state index >= 15 is 0 Å². The van der Waals surface area contributed by atoms with Crippen LogP contribution in [0.5, 0.6) is 0 Å². The summed E-state index contributed by atoms with van der Waals surface area (Å²) in [6, 6.07) is 0. The van der Waals surface area contributed by atoms with E-state index in [2.05, 4.69) is 6.92 Å². The topological polar surface area (TPSA) is 58.9 Å². The molecule has 1 aliphatic heterocycles. The van der Waals surface area contributed by atoms with Crippen LogP contribution < -0.4 is 0 Å². The maximum absolute atomic E-state index is 9.81. The fourth-order valence-electron chi connectivity index (χ4n) is 2.32. The minimum absolute atomic E-state index is 0.312. The lowest BCUT2D eigenvalue weighted by Crippen LogP contribution is -2.33. The lowest BCUT2D eigenvalue weighted by atomic mass is 10.1. The third kappa shape index (κ3) is 8.58. The lowest BCUT2D eigenvalue weighted by Gasteiger charge is -2.27. The summed E-state index contributed by atoms with van der Waals surface area (Å²) in [6.45, 7) is 3.07. The van der Waals surface area contributed by atoms with Crippen molar-refractivity contribution in [3.8, 4) is 0 Å². The first-order chi connectivity index (χ1) is 9.22. The molecule has 1 rings (SSSR count). The van der Waals surface area contributed by atoms with Crippen molar-refractivity contribution in [3.05, 3.63) is 0 Å². The Kier molecular flexibility index (Phi) is 9.43. The van der Waals surface area contributed by atoms with Gasteiger partial charge in [0.05, 0.1) is 25.4 Å². The zero-order chi connectivity index (χ0) is 13.9. The Morgan fingerprint density at radius 3 is 2.68 bits per heavy atom. The molecule has 1 fully saturated rings. The third-order valence-electron chi connectivity index (χ3n) is 3.58. The van der Waals surface area contributed by atoms with E-state index in [1.54, 1.807) is 0 Å². The molecule has 0 aliphatic carbocycles. The Bertz CT molecular complexity index is 210. The molecular formula is C15H30O4. The third-order valence-corrected chi connectivity index (χ3v) is 3.58. The van der Waals surface area contributed by atoms with Gasteiger partial charge in [-0.2, -0.15) is 0 Å². The lowest BCUT2D eigenvalue weighted by molar-refractivity contribution is -0.195. The van der Waals surface area contributed by atoms with Crippen molar-refractivity contribution in [2.75, 3.05) is 13.2 Å². The van der Waals surface area contributed by atoms with Gasteiger partial charge in [-0.15, -0.1) is 0 Å². The Morgan fingerprint density at radius 1 is 1.21 bits per heavy atom. The highest BCUT2D eigenvalue weighted by Gasteiger charge is 2.21. The SMILES string of the molecule is CCCCCCCCC(O)COC1CC(O)CCO1. The molecule has 1 heterocycles. The van der Waals surface area contributed by atoms with E-state index in [9.17, 15) is 10.2 Å². The van der Waals surface area contributed by atoms with Gasteiger partial charge in [0, 0.05) is 6.42 Å². The number of aliphatic hydroxyl groups excluding tert-OH is 2. The highest BCUT2D eigenvalue weighted by Crippen LogP contribution is 2.15. The van der Waals surface area contributed by atoms with Crippen LogP contribution in [0.15, 0.2) is 0 Å². The molecular weight excluding hydrogens is 244 g/mol. The number of hydrogen-bond donors (Lipinski definition) is 2. The highest BCUT2D eigenvalue weighted by atomic mass is 16.7. The number of unbranched alkanes of at least 4 members (excludes halogenated alkanes) is 5. The van der Waals surface area contributed by atoms with Crippen molar-refractivity contribution >= 4 is 0 Å². The van der Waals surface area contributed by atoms with Crippen LogP contribution in [0.3, 0.4) is 0 Å². The van der Waals surface area contributed by atoms with Crippen LogP contribution in [0.2, 0.25) is 0 Å². The van der Waals surface area contributed by atoms with Crippen LogP contribution >= 0.6 is 0 Å². The van der Waals surface area contributed by atoms with Crippen molar-refractivity contribution < 1.29 is 19.7 Å². The summed E-state index contributed by atoms with van der Waals surface area (Å²) >= 11 is 0. The highest BCUT2D eigenvalue weighted by molar-refractivity contribution is 4.65. The molecule has 4 nitrogen and oxygen atoms in total. The molecule has 19 heavy (non-hydrogen) atoms. The second kappa shape index (κ2) is 10.6. The van der Waals surface area contributed by atoms with Gasteiger partial charge in [0.1, 0.15) is 0 Å². The molecule has 0 saturated carbocycles. The first-order valence-electron chi connectivity index (χ1n) is 7.81. The number of aliphatic hydroxyl groups is 2. The van der Waals surface area contributed by atoms with Gasteiger partial charge in [-0.3, -0.25) is 0 Å². The van der Waals surface area contributed by atoms with E-state index in [0.717, 1.165) is 12.8 Å². The molecule has 0 radical (unpaired) electrons. The molecule has 114 valence electrons. The van der Waals surface area contributed by atoms with Crippen molar-refractivity contribution in [2.24, 2.45) is 0 Å². The minimum atomic E-state index is -0.408. The summed E-state index contributed by atoms with van der Waals surface area (Å²) in [6.07, 6.45) is 8.31. The molecule has 0 spiro atoms. The minimum Gasteiger partial charge on any atom is -0.393 e. The van der Waals surface area contributed by atoms with Crippen molar-refractivity contribution in [1.29, 1.82) is 0 Å². The zero-order valence-corrected chi connectivity index (χ0v) is 12.2. The number of ether oxygens (including phenoxy) is 2. The summed E-state index contributed by atoms with van der Waals surface area (Å²) in [5.74, 6) is 0. The van der Waals surface area contributed by atoms with Gasteiger partial charge < -0.3 is 19.7 Å². The molecule has 3 unspecified atom stereocenters. The molecule has 0 aromatic rings. The summed E-state index contributed by atoms with van der Waals surface area (Å²) < 4.78 is 10.9. The van der Waals surface area contributed by atoms with Gasteiger partial charge in [0.2, 0.25) is 0 Å². The van der Waals surface area contributed by atoms with Gasteiger partial charge in [-0.1, -0.05) is 45.4 Å². The monoisotopic (exact) mass is 274 g/mol. The molecule has 1 saturated heterocycles. The van der Waals surface area contributed by atoms with Crippen LogP contribution in [0.1, 0.15) is 64.7 Å². The maximum Gasteiger partial charge on any atom is 0.160 e. The normalized spacial score (nSPS) is 25.4. The van der Waals surface area contributed by atoms with Gasteiger partial charge in [-0.05, 0) is 12.8 Å². The molecule has 3 atom stereocenters. The molecule has 0 aromatic heterocycles. The summed E-state index contributed by atoms with van der Waals surface area (Å²) in [5, 5.41) is 19.3. The average molecular weight is 274 g/mol. The van der Waals surface area contributed by atoms with Crippen molar-refractivity contribution in [3.63, 3.8) is 0 Å². The summed E-state index contributed by atoms with van der Waals surface area (Å²) in [4.78, 5) is 0. The quantitative estimate of drug-likeness (QED) is 0.601. The second-order valence-electron chi connectivity index (χ2n) is 5.52. The standard InChI is InChI=1S/C15H30O4/c1-2-3-4-5-6-7-8-14(17)12-19-15-11-13(16)9-10-18-15/h13-17H,2-12H2,1H3. The Hall–Kier alpha value is -0.160. The Morgan fingerprint density at radius 2 is 1.95 bits per heavy atom. The van der Waals surface area contributed by atoms with E-state index in [0.29, 0.717) is 26.1 Å². The molecule has 0 bridgehead atoms. The van der Waals surface area contributed by atoms with E-state index in [1.807, 2.05) is 0 Å². The Labute approximate surface area is 117 Å². The summed E-state index contributed by atoms with van der Waals surface area (Å²) in [5.41, 5.74) is 0. The van der Waals surface area contributed by atoms with Gasteiger partial charge in [0.25, 0.3) is 0 Å². The molecule has 0 aromatic carbocycles. The number of rotatable bonds is 10. The van der Waals surface area contributed by atoms with Crippen LogP contribution in [-0.4, -0.2) is 41.9 Å². The van der Waals surface area contributed by atoms with E-state index in [4.69, 9.17) is 9.47 Å². The average Bonchev–Trinajstić information content (AvgIpc) is 2.40. The van der Waals surface area contributed by atoms with E-state index < -0.39 is 6.10 Å². The second-order valence-corrected chi connectivity index (χ2v) is 5.52. The van der Waals surface area contributed by atoms with Crippen LogP contribution in [0, 0.1) is 0 Å². The van der Waals surface area contributed by atoms with E-state index in [1.165, 1.54) is 32.1 Å². The van der Waals surface area contributed by atoms with Crippen molar-refractivity contribution in [2.45, 2.75) is 83.2 Å². The largest absolute Gasteiger partial charge is 0.393 e. The van der Waals surface area contributed by atoms with Crippen LogP contribution in [0.25, 0.3) is 0 Å². The van der Waals surface area contributed by atoms with E-state index in [-0.39, 0.29) is 12.4 Å². The molecule has 4 heteroatoms. The number of hydrogen-bond acceptors (Lipinski definition) is 4. The first kappa shape index (κ1) is 16.9. The van der Waals surface area contributed by atoms with Gasteiger partial charge >= 0.3 is 0 Å². The van der Waals surface area contributed by atoms with Crippen molar-refractivity contribution in [1.82, 2.24) is 0 Å². The van der Waals surface area contributed by atoms with Crippen LogP contribution in [-0.2, 0) is 9.47 Å². The Balaban J connectivity index is 1.94. The first-order valence-corrected chi connectivity index (χ1v) is 7.81. The van der Waals surface area contributed by atoms with Gasteiger partial charge in [0.15, 0.2) is 6.29 Å². The molecule has 0 amide bonds. The fraction of sp³-hybridized carbons (Fsp3) is 1.00. The fourth-order valence-corrected chi connectivity index (χ4v) is 2.32. The molecule has 1 aliphatic rings. The zero-order valence-electron chi connectivity index (χ0n) is 12.2. The molecule has 2 N–H and O–H groups in total. The maximum atomic E-state index is 9.81. The summed E-state index contributed by atoms with van der Waals surface area (Å²) in [7, 11) is 0. The smallest absolute Gasteiger partial charge is 0.160 e.